The highest BCUT2D eigenvalue weighted by molar-refractivity contribution is 5.28. The van der Waals surface area contributed by atoms with Crippen molar-refractivity contribution in [1.29, 1.82) is 0 Å². The van der Waals surface area contributed by atoms with Crippen LogP contribution in [0, 0.1) is 0 Å². The maximum atomic E-state index is 13.0. The minimum absolute atomic E-state index is 0.221. The van der Waals surface area contributed by atoms with Gasteiger partial charge in [-0.25, -0.2) is 0 Å². The van der Waals surface area contributed by atoms with E-state index in [-0.39, 0.29) is 12.4 Å². The quantitative estimate of drug-likeness (QED) is 0.490. The second-order valence-electron chi connectivity index (χ2n) is 2.11. The molecular formula is C9H12F2O2. The average molecular weight is 190 g/mol. The number of hydrogen-bond acceptors (Lipinski definition) is 2. The van der Waals surface area contributed by atoms with E-state index < -0.39 is 17.4 Å². The molecule has 0 unspecified atom stereocenters. The summed E-state index contributed by atoms with van der Waals surface area (Å²) in [6.07, 6.45) is 0. The van der Waals surface area contributed by atoms with Gasteiger partial charge >= 0.3 is 0 Å². The van der Waals surface area contributed by atoms with E-state index in [1.807, 2.05) is 0 Å². The molecule has 0 aliphatic rings. The molecule has 0 saturated carbocycles. The van der Waals surface area contributed by atoms with Crippen molar-refractivity contribution in [2.24, 2.45) is 0 Å². The summed E-state index contributed by atoms with van der Waals surface area (Å²) in [6, 6.07) is 0. The Morgan fingerprint density at radius 1 is 1.15 bits per heavy atom. The van der Waals surface area contributed by atoms with Gasteiger partial charge in [0.2, 0.25) is 11.7 Å². The third-order valence-corrected chi connectivity index (χ3v) is 1.25. The monoisotopic (exact) mass is 190 g/mol. The normalized spacial score (nSPS) is 11.7. The Morgan fingerprint density at radius 3 is 2.00 bits per heavy atom. The van der Waals surface area contributed by atoms with E-state index >= 15 is 0 Å². The van der Waals surface area contributed by atoms with Crippen LogP contribution in [0.2, 0.25) is 0 Å². The van der Waals surface area contributed by atoms with E-state index in [0.29, 0.717) is 0 Å². The van der Waals surface area contributed by atoms with Crippen LogP contribution in [0.1, 0.15) is 6.92 Å². The molecule has 13 heavy (non-hydrogen) atoms. The molecule has 0 rings (SSSR count). The molecular weight excluding hydrogens is 178 g/mol. The van der Waals surface area contributed by atoms with E-state index in [0.717, 1.165) is 0 Å². The number of ether oxygens (including phenoxy) is 2. The molecule has 4 heteroatoms. The van der Waals surface area contributed by atoms with Crippen molar-refractivity contribution >= 4 is 0 Å². The van der Waals surface area contributed by atoms with Crippen molar-refractivity contribution in [2.75, 3.05) is 13.7 Å². The molecule has 0 aromatic carbocycles. The zero-order valence-corrected chi connectivity index (χ0v) is 7.69. The lowest BCUT2D eigenvalue weighted by Crippen LogP contribution is -1.95. The van der Waals surface area contributed by atoms with Crippen LogP contribution in [0.3, 0.4) is 0 Å². The second-order valence-corrected chi connectivity index (χ2v) is 2.11. The van der Waals surface area contributed by atoms with Gasteiger partial charge in [-0.3, -0.25) is 0 Å². The van der Waals surface area contributed by atoms with Gasteiger partial charge < -0.3 is 9.47 Å². The summed E-state index contributed by atoms with van der Waals surface area (Å²) in [5, 5.41) is 0. The Kier molecular flexibility index (Phi) is 4.80. The molecule has 0 radical (unpaired) electrons. The lowest BCUT2D eigenvalue weighted by Gasteiger charge is -2.06. The van der Waals surface area contributed by atoms with Crippen LogP contribution in [0.4, 0.5) is 8.78 Å². The van der Waals surface area contributed by atoms with Crippen molar-refractivity contribution in [3.8, 4) is 0 Å². The molecule has 0 amide bonds. The summed E-state index contributed by atoms with van der Waals surface area (Å²) in [5.74, 6) is -3.13. The Balaban J connectivity index is 4.60. The zero-order chi connectivity index (χ0) is 10.4. The van der Waals surface area contributed by atoms with Crippen molar-refractivity contribution in [3.05, 3.63) is 36.3 Å². The average Bonchev–Trinajstić information content (AvgIpc) is 2.14. The van der Waals surface area contributed by atoms with Crippen LogP contribution in [0.5, 0.6) is 0 Å². The Morgan fingerprint density at radius 2 is 1.62 bits per heavy atom. The molecule has 0 aliphatic heterocycles. The number of rotatable bonds is 5. The largest absolute Gasteiger partial charge is 0.494 e. The van der Waals surface area contributed by atoms with E-state index in [1.54, 1.807) is 6.92 Å². The summed E-state index contributed by atoms with van der Waals surface area (Å²) >= 11 is 0. The predicted octanol–water partition coefficient (Wildman–Crippen LogP) is 2.85. The van der Waals surface area contributed by atoms with Crippen LogP contribution in [0.25, 0.3) is 0 Å². The highest BCUT2D eigenvalue weighted by Gasteiger charge is 2.14. The predicted molar refractivity (Wildman–Crippen MR) is 46.2 cm³/mol. The molecule has 0 spiro atoms. The molecule has 0 aliphatic carbocycles. The standard InChI is InChI=1S/C9H12F2O2/c1-5-13-7(3)9(11)8(10)6(2)12-4/h2-3,5H2,1,4H3/b9-8-. The van der Waals surface area contributed by atoms with Crippen LogP contribution >= 0.6 is 0 Å². The molecule has 74 valence electrons. The number of hydrogen-bond donors (Lipinski definition) is 0. The third-order valence-electron chi connectivity index (χ3n) is 1.25. The summed E-state index contributed by atoms with van der Waals surface area (Å²) in [6.45, 7) is 8.20. The van der Waals surface area contributed by atoms with E-state index in [2.05, 4.69) is 22.6 Å². The molecule has 0 saturated heterocycles. The summed E-state index contributed by atoms with van der Waals surface area (Å²) in [5.41, 5.74) is 0. The first-order valence-corrected chi connectivity index (χ1v) is 3.65. The Bertz CT molecular complexity index is 244. The maximum absolute atomic E-state index is 13.0. The maximum Gasteiger partial charge on any atom is 0.203 e. The molecule has 0 N–H and O–H groups in total. The topological polar surface area (TPSA) is 18.5 Å². The van der Waals surface area contributed by atoms with E-state index in [4.69, 9.17) is 0 Å². The van der Waals surface area contributed by atoms with Crippen molar-refractivity contribution in [1.82, 2.24) is 0 Å². The molecule has 0 aromatic rings. The second kappa shape index (κ2) is 5.35. The van der Waals surface area contributed by atoms with Crippen LogP contribution in [-0.4, -0.2) is 13.7 Å². The summed E-state index contributed by atoms with van der Waals surface area (Å²) in [4.78, 5) is 0. The molecule has 0 fully saturated rings. The molecule has 0 atom stereocenters. The van der Waals surface area contributed by atoms with Gasteiger partial charge in [0.1, 0.15) is 0 Å². The molecule has 0 heterocycles. The number of allylic oxidation sites excluding steroid dienone is 2. The fourth-order valence-electron chi connectivity index (χ4n) is 0.572. The Hall–Kier alpha value is -1.32. The van der Waals surface area contributed by atoms with Gasteiger partial charge in [0.05, 0.1) is 13.7 Å². The summed E-state index contributed by atoms with van der Waals surface area (Å²) in [7, 11) is 1.19. The van der Waals surface area contributed by atoms with Crippen LogP contribution < -0.4 is 0 Å². The fraction of sp³-hybridized carbons (Fsp3) is 0.333. The smallest absolute Gasteiger partial charge is 0.203 e. The first-order valence-electron chi connectivity index (χ1n) is 3.65. The van der Waals surface area contributed by atoms with Crippen molar-refractivity contribution in [3.63, 3.8) is 0 Å². The lowest BCUT2D eigenvalue weighted by atomic mass is 10.3. The van der Waals surface area contributed by atoms with Gasteiger partial charge in [-0.05, 0) is 6.92 Å². The molecule has 2 nitrogen and oxygen atoms in total. The van der Waals surface area contributed by atoms with E-state index in [9.17, 15) is 8.78 Å². The van der Waals surface area contributed by atoms with Gasteiger partial charge in [-0.15, -0.1) is 0 Å². The van der Waals surface area contributed by atoms with Gasteiger partial charge in [0, 0.05) is 0 Å². The SMILES string of the molecule is C=C(OC)/C(F)=C(/F)C(=C)OCC. The van der Waals surface area contributed by atoms with Gasteiger partial charge in [0.15, 0.2) is 11.5 Å². The van der Waals surface area contributed by atoms with Crippen molar-refractivity contribution in [2.45, 2.75) is 6.92 Å². The molecule has 0 bridgehead atoms. The minimum atomic E-state index is -1.19. The zero-order valence-electron chi connectivity index (χ0n) is 7.69. The van der Waals surface area contributed by atoms with Crippen LogP contribution in [-0.2, 0) is 9.47 Å². The van der Waals surface area contributed by atoms with Gasteiger partial charge in [-0.1, -0.05) is 13.2 Å². The highest BCUT2D eigenvalue weighted by Crippen LogP contribution is 2.22. The summed E-state index contributed by atoms with van der Waals surface area (Å²) < 4.78 is 34.9. The Labute approximate surface area is 76.1 Å². The third kappa shape index (κ3) is 3.27. The van der Waals surface area contributed by atoms with Crippen molar-refractivity contribution < 1.29 is 18.3 Å². The lowest BCUT2D eigenvalue weighted by molar-refractivity contribution is 0.220. The van der Waals surface area contributed by atoms with Crippen LogP contribution in [0.15, 0.2) is 36.3 Å². The first kappa shape index (κ1) is 11.7. The van der Waals surface area contributed by atoms with Gasteiger partial charge in [-0.2, -0.15) is 8.78 Å². The number of methoxy groups -OCH3 is 1. The van der Waals surface area contributed by atoms with E-state index in [1.165, 1.54) is 7.11 Å². The highest BCUT2D eigenvalue weighted by atomic mass is 19.2. The number of halogens is 2. The fourth-order valence-corrected chi connectivity index (χ4v) is 0.572. The van der Waals surface area contributed by atoms with Gasteiger partial charge in [0.25, 0.3) is 0 Å². The molecule has 0 aromatic heterocycles. The minimum Gasteiger partial charge on any atom is -0.494 e. The first-order chi connectivity index (χ1) is 6.04.